The van der Waals surface area contributed by atoms with Gasteiger partial charge >= 0.3 is 0 Å². The minimum absolute atomic E-state index is 0.181. The zero-order valence-corrected chi connectivity index (χ0v) is 15.2. The van der Waals surface area contributed by atoms with Gasteiger partial charge in [0.05, 0.1) is 22.8 Å². The Morgan fingerprint density at radius 1 is 1.08 bits per heavy atom. The Hall–Kier alpha value is -2.93. The number of aromatic amines is 1. The van der Waals surface area contributed by atoms with Crippen LogP contribution < -0.4 is 5.32 Å². The fourth-order valence-corrected chi connectivity index (χ4v) is 3.15. The van der Waals surface area contributed by atoms with E-state index in [0.29, 0.717) is 11.4 Å². The molecule has 1 aromatic heterocycles. The van der Waals surface area contributed by atoms with Crippen LogP contribution in [0.15, 0.2) is 65.7 Å². The number of carbonyl (C=O) groups is 1. The molecule has 1 atom stereocenters. The number of nitrogens with one attached hydrogen (secondary N) is 2. The summed E-state index contributed by atoms with van der Waals surface area (Å²) in [6.45, 7) is 1.83. The topological polar surface area (TPSA) is 91.9 Å². The Kier molecular flexibility index (Phi) is 4.90. The third-order valence-electron chi connectivity index (χ3n) is 3.98. The van der Waals surface area contributed by atoms with E-state index in [-0.39, 0.29) is 16.8 Å². The average Bonchev–Trinajstić information content (AvgIpc) is 3.12. The van der Waals surface area contributed by atoms with Gasteiger partial charge in [0.2, 0.25) is 0 Å². The van der Waals surface area contributed by atoms with Crippen LogP contribution in [-0.4, -0.2) is 30.5 Å². The number of carbonyl (C=O) groups excluding carboxylic acids is 1. The van der Waals surface area contributed by atoms with E-state index in [1.165, 1.54) is 24.3 Å². The van der Waals surface area contributed by atoms with Gasteiger partial charge in [0.25, 0.3) is 5.91 Å². The molecule has 0 fully saturated rings. The monoisotopic (exact) mass is 369 g/mol. The molecule has 0 aliphatic heterocycles. The zero-order valence-electron chi connectivity index (χ0n) is 14.4. The lowest BCUT2D eigenvalue weighted by molar-refractivity contribution is 0.0938. The molecule has 1 amide bonds. The van der Waals surface area contributed by atoms with Gasteiger partial charge in [-0.25, -0.2) is 13.4 Å². The van der Waals surface area contributed by atoms with Gasteiger partial charge in [-0.05, 0) is 36.8 Å². The molecular weight excluding hydrogens is 350 g/mol. The predicted molar refractivity (Wildman–Crippen MR) is 99.5 cm³/mol. The molecule has 0 radical (unpaired) electrons. The highest BCUT2D eigenvalue weighted by Crippen LogP contribution is 2.19. The summed E-state index contributed by atoms with van der Waals surface area (Å²) in [5.41, 5.74) is 2.28. The van der Waals surface area contributed by atoms with Gasteiger partial charge in [0.15, 0.2) is 9.84 Å². The van der Waals surface area contributed by atoms with E-state index in [0.717, 1.165) is 17.5 Å². The Balaban J connectivity index is 1.71. The third kappa shape index (κ3) is 4.00. The molecule has 7 heteroatoms. The molecular formula is C19H19N3O3S. The van der Waals surface area contributed by atoms with Crippen LogP contribution in [0.3, 0.4) is 0 Å². The van der Waals surface area contributed by atoms with E-state index >= 15 is 0 Å². The lowest BCUT2D eigenvalue weighted by Gasteiger charge is -2.12. The molecule has 2 N–H and O–H groups in total. The highest BCUT2D eigenvalue weighted by molar-refractivity contribution is 7.90. The van der Waals surface area contributed by atoms with Gasteiger partial charge in [0.1, 0.15) is 5.82 Å². The number of nitrogens with zero attached hydrogens (tertiary/aromatic N) is 1. The summed E-state index contributed by atoms with van der Waals surface area (Å²) in [6, 6.07) is 15.3. The molecule has 0 saturated carbocycles. The molecule has 2 aromatic carbocycles. The van der Waals surface area contributed by atoms with Crippen molar-refractivity contribution in [2.24, 2.45) is 0 Å². The van der Waals surface area contributed by atoms with E-state index < -0.39 is 9.84 Å². The Morgan fingerprint density at radius 2 is 1.73 bits per heavy atom. The first kappa shape index (κ1) is 17.9. The predicted octanol–water partition coefficient (Wildman–Crippen LogP) is 2.97. The molecule has 0 spiro atoms. The first-order chi connectivity index (χ1) is 12.3. The van der Waals surface area contributed by atoms with Crippen LogP contribution in [0.25, 0.3) is 11.3 Å². The van der Waals surface area contributed by atoms with E-state index in [1.54, 1.807) is 6.20 Å². The second kappa shape index (κ2) is 7.13. The number of hydrogen-bond acceptors (Lipinski definition) is 4. The number of sulfone groups is 1. The number of amides is 1. The highest BCUT2D eigenvalue weighted by Gasteiger charge is 2.15. The summed E-state index contributed by atoms with van der Waals surface area (Å²) in [5.74, 6) is 0.347. The van der Waals surface area contributed by atoms with Crippen LogP contribution in [0.1, 0.15) is 29.1 Å². The fraction of sp³-hybridized carbons (Fsp3) is 0.158. The van der Waals surface area contributed by atoms with Crippen molar-refractivity contribution in [2.75, 3.05) is 6.26 Å². The molecule has 1 unspecified atom stereocenters. The number of H-pyrrole nitrogens is 1. The van der Waals surface area contributed by atoms with Crippen molar-refractivity contribution in [1.29, 1.82) is 0 Å². The second-order valence-electron chi connectivity index (χ2n) is 6.04. The van der Waals surface area contributed by atoms with Crippen molar-refractivity contribution in [2.45, 2.75) is 17.9 Å². The number of rotatable bonds is 5. The van der Waals surface area contributed by atoms with E-state index in [2.05, 4.69) is 15.3 Å². The van der Waals surface area contributed by atoms with Crippen LogP contribution in [0, 0.1) is 0 Å². The molecule has 26 heavy (non-hydrogen) atoms. The van der Waals surface area contributed by atoms with Crippen molar-refractivity contribution in [3.63, 3.8) is 0 Å². The van der Waals surface area contributed by atoms with Crippen molar-refractivity contribution < 1.29 is 13.2 Å². The molecule has 0 saturated heterocycles. The first-order valence-corrected chi connectivity index (χ1v) is 9.95. The normalized spacial score (nSPS) is 12.5. The lowest BCUT2D eigenvalue weighted by Crippen LogP contribution is -2.27. The minimum Gasteiger partial charge on any atom is -0.342 e. The molecule has 0 aliphatic rings. The molecule has 134 valence electrons. The van der Waals surface area contributed by atoms with Gasteiger partial charge in [-0.15, -0.1) is 0 Å². The fourth-order valence-electron chi connectivity index (χ4n) is 2.52. The average molecular weight is 369 g/mol. The smallest absolute Gasteiger partial charge is 0.251 e. The van der Waals surface area contributed by atoms with Gasteiger partial charge in [-0.1, -0.05) is 30.3 Å². The number of hydrogen-bond donors (Lipinski definition) is 2. The van der Waals surface area contributed by atoms with E-state index in [1.807, 2.05) is 37.3 Å². The molecule has 3 rings (SSSR count). The maximum Gasteiger partial charge on any atom is 0.251 e. The van der Waals surface area contributed by atoms with E-state index in [9.17, 15) is 13.2 Å². The summed E-state index contributed by atoms with van der Waals surface area (Å²) in [7, 11) is -3.28. The highest BCUT2D eigenvalue weighted by atomic mass is 32.2. The SMILES string of the molecule is CC(NC(=O)c1ccc(S(C)(=O)=O)cc1)c1ncc(-c2ccccc2)[nH]1. The molecule has 0 bridgehead atoms. The summed E-state index contributed by atoms with van der Waals surface area (Å²) in [6.07, 6.45) is 2.86. The Morgan fingerprint density at radius 3 is 2.35 bits per heavy atom. The summed E-state index contributed by atoms with van der Waals surface area (Å²) >= 11 is 0. The third-order valence-corrected chi connectivity index (χ3v) is 5.11. The van der Waals surface area contributed by atoms with Gasteiger partial charge in [-0.3, -0.25) is 4.79 Å². The van der Waals surface area contributed by atoms with Crippen molar-refractivity contribution in [1.82, 2.24) is 15.3 Å². The second-order valence-corrected chi connectivity index (χ2v) is 8.06. The minimum atomic E-state index is -3.28. The summed E-state index contributed by atoms with van der Waals surface area (Å²) < 4.78 is 23.0. The van der Waals surface area contributed by atoms with Crippen LogP contribution in [0.4, 0.5) is 0 Å². The number of benzene rings is 2. The van der Waals surface area contributed by atoms with E-state index in [4.69, 9.17) is 0 Å². The maximum absolute atomic E-state index is 12.4. The van der Waals surface area contributed by atoms with Crippen LogP contribution in [0.2, 0.25) is 0 Å². The number of aromatic nitrogens is 2. The van der Waals surface area contributed by atoms with Gasteiger partial charge in [0, 0.05) is 11.8 Å². The standard InChI is InChI=1S/C19H19N3O3S/c1-13(18-20-12-17(22-18)14-6-4-3-5-7-14)21-19(23)15-8-10-16(11-9-15)26(2,24)25/h3-13H,1-2H3,(H,20,22)(H,21,23). The summed E-state index contributed by atoms with van der Waals surface area (Å²) in [4.78, 5) is 20.1. The zero-order chi connectivity index (χ0) is 18.7. The van der Waals surface area contributed by atoms with Gasteiger partial charge in [-0.2, -0.15) is 0 Å². The summed E-state index contributed by atoms with van der Waals surface area (Å²) in [5, 5.41) is 2.85. The number of imidazole rings is 1. The molecule has 0 aliphatic carbocycles. The van der Waals surface area contributed by atoms with Crippen LogP contribution in [-0.2, 0) is 9.84 Å². The maximum atomic E-state index is 12.4. The molecule has 1 heterocycles. The first-order valence-electron chi connectivity index (χ1n) is 8.06. The van der Waals surface area contributed by atoms with Crippen molar-refractivity contribution in [3.05, 3.63) is 72.2 Å². The quantitative estimate of drug-likeness (QED) is 0.723. The largest absolute Gasteiger partial charge is 0.342 e. The van der Waals surface area contributed by atoms with Crippen LogP contribution >= 0.6 is 0 Å². The van der Waals surface area contributed by atoms with Crippen LogP contribution in [0.5, 0.6) is 0 Å². The molecule has 6 nitrogen and oxygen atoms in total. The molecule has 3 aromatic rings. The van der Waals surface area contributed by atoms with Crippen molar-refractivity contribution in [3.8, 4) is 11.3 Å². The Bertz CT molecular complexity index is 1010. The Labute approximate surface area is 152 Å². The van der Waals surface area contributed by atoms with Crippen molar-refractivity contribution >= 4 is 15.7 Å². The van der Waals surface area contributed by atoms with Gasteiger partial charge < -0.3 is 10.3 Å². The lowest BCUT2D eigenvalue weighted by atomic mass is 10.2.